The van der Waals surface area contributed by atoms with Gasteiger partial charge in [0.15, 0.2) is 5.75 Å². The summed E-state index contributed by atoms with van der Waals surface area (Å²) in [5, 5.41) is 10.1. The maximum Gasteiger partial charge on any atom is 0.320 e. The summed E-state index contributed by atoms with van der Waals surface area (Å²) < 4.78 is 27.4. The van der Waals surface area contributed by atoms with Crippen LogP contribution in [0.3, 0.4) is 0 Å². The van der Waals surface area contributed by atoms with E-state index in [0.29, 0.717) is 21.4 Å². The standard InChI is InChI=1S/C17H17Cl2N5O4S/c1-23(6-5-21-29(27,28)9-15(25)26)14-8-13(24-7-4-20-10-24)11-2-3-12(18)16(19)17(11)22-14/h2-4,7-8,10,21H,5-6,9H2,1H3,(H,25,26). The lowest BCUT2D eigenvalue weighted by atomic mass is 10.1. The second kappa shape index (κ2) is 8.54. The molecule has 0 aliphatic rings. The first kappa shape index (κ1) is 21.3. The van der Waals surface area contributed by atoms with Gasteiger partial charge in [-0.25, -0.2) is 23.1 Å². The largest absolute Gasteiger partial charge is 0.480 e. The minimum absolute atomic E-state index is 0.00944. The van der Waals surface area contributed by atoms with E-state index < -0.39 is 21.7 Å². The third-order valence-electron chi connectivity index (χ3n) is 4.09. The highest BCUT2D eigenvalue weighted by Gasteiger charge is 2.17. The Morgan fingerprint density at radius 3 is 2.76 bits per heavy atom. The number of hydrogen-bond donors (Lipinski definition) is 2. The first-order valence-corrected chi connectivity index (χ1v) is 10.8. The van der Waals surface area contributed by atoms with Crippen molar-refractivity contribution in [2.45, 2.75) is 0 Å². The Bertz CT molecular complexity index is 1150. The number of rotatable bonds is 8. The lowest BCUT2D eigenvalue weighted by Gasteiger charge is -2.21. The van der Waals surface area contributed by atoms with Gasteiger partial charge in [0.1, 0.15) is 5.82 Å². The quantitative estimate of drug-likeness (QED) is 0.531. The summed E-state index contributed by atoms with van der Waals surface area (Å²) in [5.74, 6) is -1.87. The zero-order chi connectivity index (χ0) is 21.2. The van der Waals surface area contributed by atoms with E-state index in [1.807, 2.05) is 12.1 Å². The molecule has 0 spiro atoms. The summed E-state index contributed by atoms with van der Waals surface area (Å²) in [6, 6.07) is 5.32. The van der Waals surface area contributed by atoms with Crippen LogP contribution in [0.25, 0.3) is 16.6 Å². The number of benzene rings is 1. The molecule has 0 radical (unpaired) electrons. The number of sulfonamides is 1. The number of fused-ring (bicyclic) bond motifs is 1. The number of aromatic nitrogens is 3. The summed E-state index contributed by atoms with van der Waals surface area (Å²) in [6.45, 7) is 0.258. The Morgan fingerprint density at radius 1 is 1.34 bits per heavy atom. The van der Waals surface area contributed by atoms with Crippen molar-refractivity contribution in [2.75, 3.05) is 30.8 Å². The fourth-order valence-corrected chi connectivity index (χ4v) is 3.90. The van der Waals surface area contributed by atoms with Crippen molar-refractivity contribution < 1.29 is 18.3 Å². The number of nitrogens with zero attached hydrogens (tertiary/aromatic N) is 4. The number of halogens is 2. The van der Waals surface area contributed by atoms with Crippen molar-refractivity contribution in [3.05, 3.63) is 47.0 Å². The molecule has 0 fully saturated rings. The van der Waals surface area contributed by atoms with E-state index in [0.717, 1.165) is 11.1 Å². The molecule has 0 amide bonds. The molecule has 9 nitrogen and oxygen atoms in total. The van der Waals surface area contributed by atoms with E-state index in [1.165, 1.54) is 0 Å². The number of carbonyl (C=O) groups is 1. The molecular weight excluding hydrogens is 441 g/mol. The van der Waals surface area contributed by atoms with Crippen LogP contribution >= 0.6 is 23.2 Å². The number of anilines is 1. The molecule has 1 aromatic carbocycles. The van der Waals surface area contributed by atoms with Gasteiger partial charge in [0, 0.05) is 44.0 Å². The van der Waals surface area contributed by atoms with Crippen LogP contribution in [0.4, 0.5) is 5.82 Å². The maximum absolute atomic E-state index is 11.7. The number of nitrogens with one attached hydrogen (secondary N) is 1. The molecule has 0 atom stereocenters. The van der Waals surface area contributed by atoms with Crippen molar-refractivity contribution in [1.82, 2.24) is 19.3 Å². The van der Waals surface area contributed by atoms with Crippen LogP contribution in [0.15, 0.2) is 36.9 Å². The molecular formula is C17H17Cl2N5O4S. The Hall–Kier alpha value is -2.40. The number of aliphatic carboxylic acids is 1. The number of likely N-dealkylation sites (N-methyl/N-ethyl adjacent to an activating group) is 1. The summed E-state index contributed by atoms with van der Waals surface area (Å²) in [6.07, 6.45) is 5.06. The average Bonchev–Trinajstić information content (AvgIpc) is 3.17. The molecule has 2 heterocycles. The molecule has 12 heteroatoms. The fourth-order valence-electron chi connectivity index (χ4n) is 2.71. The molecule has 0 bridgehead atoms. The molecule has 0 aliphatic carbocycles. The third-order valence-corrected chi connectivity index (χ3v) is 6.16. The monoisotopic (exact) mass is 457 g/mol. The normalized spacial score (nSPS) is 11.7. The number of carboxylic acids is 1. The molecule has 3 aromatic rings. The lowest BCUT2D eigenvalue weighted by Crippen LogP contribution is -2.36. The fraction of sp³-hybridized carbons (Fsp3) is 0.235. The maximum atomic E-state index is 11.7. The van der Waals surface area contributed by atoms with Crippen molar-refractivity contribution in [1.29, 1.82) is 0 Å². The molecule has 0 aliphatic heterocycles. The second-order valence-corrected chi connectivity index (χ2v) is 8.79. The van der Waals surface area contributed by atoms with Gasteiger partial charge in [-0.3, -0.25) is 4.79 Å². The molecule has 0 saturated carbocycles. The van der Waals surface area contributed by atoms with Gasteiger partial charge in [-0.15, -0.1) is 0 Å². The van der Waals surface area contributed by atoms with Crippen molar-refractivity contribution in [2.24, 2.45) is 0 Å². The Kier molecular flexibility index (Phi) is 6.27. The van der Waals surface area contributed by atoms with Crippen molar-refractivity contribution in [3.8, 4) is 5.69 Å². The first-order chi connectivity index (χ1) is 13.7. The molecule has 154 valence electrons. The highest BCUT2D eigenvalue weighted by Crippen LogP contribution is 2.34. The minimum Gasteiger partial charge on any atom is -0.480 e. The zero-order valence-electron chi connectivity index (χ0n) is 15.2. The van der Waals surface area contributed by atoms with Gasteiger partial charge in [0.2, 0.25) is 10.0 Å². The van der Waals surface area contributed by atoms with Gasteiger partial charge in [0.05, 0.1) is 27.6 Å². The van der Waals surface area contributed by atoms with Crippen molar-refractivity contribution >= 4 is 55.9 Å². The highest BCUT2D eigenvalue weighted by atomic mass is 35.5. The summed E-state index contributed by atoms with van der Waals surface area (Å²) in [4.78, 5) is 21.0. The predicted molar refractivity (Wildman–Crippen MR) is 112 cm³/mol. The number of hydrogen-bond acceptors (Lipinski definition) is 6. The van der Waals surface area contributed by atoms with Gasteiger partial charge in [0.25, 0.3) is 0 Å². The molecule has 2 N–H and O–H groups in total. The Morgan fingerprint density at radius 2 is 2.10 bits per heavy atom. The molecule has 2 aromatic heterocycles. The van der Waals surface area contributed by atoms with Gasteiger partial charge >= 0.3 is 5.97 Å². The Labute approximate surface area is 176 Å². The van der Waals surface area contributed by atoms with Gasteiger partial charge in [-0.2, -0.15) is 0 Å². The molecule has 3 rings (SSSR count). The topological polar surface area (TPSA) is 117 Å². The zero-order valence-corrected chi connectivity index (χ0v) is 17.5. The van der Waals surface area contributed by atoms with Gasteiger partial charge in [-0.05, 0) is 12.1 Å². The van der Waals surface area contributed by atoms with Gasteiger partial charge in [-0.1, -0.05) is 23.2 Å². The molecule has 0 unspecified atom stereocenters. The summed E-state index contributed by atoms with van der Waals surface area (Å²) >= 11 is 12.5. The van der Waals surface area contributed by atoms with E-state index in [9.17, 15) is 13.2 Å². The third kappa shape index (κ3) is 4.96. The van der Waals surface area contributed by atoms with Crippen LogP contribution in [0.2, 0.25) is 10.0 Å². The van der Waals surface area contributed by atoms with Crippen LogP contribution in [0.1, 0.15) is 0 Å². The average molecular weight is 458 g/mol. The van der Waals surface area contributed by atoms with Crippen molar-refractivity contribution in [3.63, 3.8) is 0 Å². The lowest BCUT2D eigenvalue weighted by molar-refractivity contribution is -0.134. The van der Waals surface area contributed by atoms with Crippen LogP contribution < -0.4 is 9.62 Å². The van der Waals surface area contributed by atoms with Crippen LogP contribution in [0, 0.1) is 0 Å². The van der Waals surface area contributed by atoms with E-state index in [1.54, 1.807) is 41.3 Å². The van der Waals surface area contributed by atoms with Gasteiger partial charge < -0.3 is 14.6 Å². The Balaban J connectivity index is 1.91. The van der Waals surface area contributed by atoms with E-state index in [2.05, 4.69) is 14.7 Å². The van der Waals surface area contributed by atoms with Crippen LogP contribution in [0.5, 0.6) is 0 Å². The summed E-state index contributed by atoms with van der Waals surface area (Å²) in [5.41, 5.74) is 1.28. The molecule has 0 saturated heterocycles. The predicted octanol–water partition coefficient (Wildman–Crippen LogP) is 2.17. The molecule has 29 heavy (non-hydrogen) atoms. The van der Waals surface area contributed by atoms with Crippen LogP contribution in [-0.2, 0) is 14.8 Å². The number of imidazole rings is 1. The van der Waals surface area contributed by atoms with E-state index >= 15 is 0 Å². The van der Waals surface area contributed by atoms with Crippen LogP contribution in [-0.4, -0.2) is 59.9 Å². The highest BCUT2D eigenvalue weighted by molar-refractivity contribution is 7.90. The number of carboxylic acid groups (broad SMARTS) is 1. The summed E-state index contributed by atoms with van der Waals surface area (Å²) in [7, 11) is -2.16. The minimum atomic E-state index is -3.90. The number of pyridine rings is 1. The SMILES string of the molecule is CN(CCNS(=O)(=O)CC(=O)O)c1cc(-n2ccnc2)c2ccc(Cl)c(Cl)c2n1. The second-order valence-electron chi connectivity index (χ2n) is 6.20. The first-order valence-electron chi connectivity index (χ1n) is 8.35. The van der Waals surface area contributed by atoms with E-state index in [-0.39, 0.29) is 13.1 Å². The van der Waals surface area contributed by atoms with E-state index in [4.69, 9.17) is 28.3 Å². The smallest absolute Gasteiger partial charge is 0.320 e.